The summed E-state index contributed by atoms with van der Waals surface area (Å²) in [5.74, 6) is -1.36. The highest BCUT2D eigenvalue weighted by Crippen LogP contribution is 2.21. The van der Waals surface area contributed by atoms with Gasteiger partial charge in [-0.2, -0.15) is 0 Å². The number of para-hydroxylation sites is 1. The van der Waals surface area contributed by atoms with Crippen molar-refractivity contribution in [2.75, 3.05) is 0 Å². The number of fused-ring (bicyclic) bond motifs is 1. The Hall–Kier alpha value is -2.95. The summed E-state index contributed by atoms with van der Waals surface area (Å²) < 4.78 is 20.1. The molecule has 0 saturated heterocycles. The van der Waals surface area contributed by atoms with E-state index < -0.39 is 17.9 Å². The van der Waals surface area contributed by atoms with Crippen molar-refractivity contribution in [3.05, 3.63) is 71.7 Å². The van der Waals surface area contributed by atoms with E-state index in [0.29, 0.717) is 11.1 Å². The lowest BCUT2D eigenvalue weighted by atomic mass is 10.1. The molecule has 2 aromatic carbocycles. The fourth-order valence-corrected chi connectivity index (χ4v) is 2.63. The molecule has 1 atom stereocenters. The van der Waals surface area contributed by atoms with Crippen LogP contribution in [-0.4, -0.2) is 22.4 Å². The average Bonchev–Trinajstić information content (AvgIpc) is 2.92. The van der Waals surface area contributed by atoms with Crippen LogP contribution in [0.15, 0.2) is 54.7 Å². The average molecular weight is 325 g/mol. The molecule has 1 heterocycles. The molecule has 0 aliphatic carbocycles. The van der Waals surface area contributed by atoms with Gasteiger partial charge in [-0.1, -0.05) is 18.2 Å². The van der Waals surface area contributed by atoms with Crippen molar-refractivity contribution in [1.29, 1.82) is 0 Å². The largest absolute Gasteiger partial charge is 0.451 e. The zero-order valence-electron chi connectivity index (χ0n) is 13.3. The van der Waals surface area contributed by atoms with Gasteiger partial charge in [-0.25, -0.2) is 9.18 Å². The summed E-state index contributed by atoms with van der Waals surface area (Å²) >= 11 is 0. The highest BCUT2D eigenvalue weighted by molar-refractivity contribution is 6.06. The fourth-order valence-electron chi connectivity index (χ4n) is 2.63. The maximum absolute atomic E-state index is 12.9. The maximum atomic E-state index is 12.9. The van der Waals surface area contributed by atoms with Crippen LogP contribution in [0.25, 0.3) is 10.9 Å². The molecular weight excluding hydrogens is 309 g/mol. The first-order chi connectivity index (χ1) is 11.5. The molecule has 0 fully saturated rings. The van der Waals surface area contributed by atoms with E-state index in [0.717, 1.165) is 10.9 Å². The Morgan fingerprint density at radius 1 is 1.08 bits per heavy atom. The Morgan fingerprint density at radius 2 is 1.75 bits per heavy atom. The van der Waals surface area contributed by atoms with Gasteiger partial charge in [0.2, 0.25) is 5.78 Å². The van der Waals surface area contributed by atoms with Gasteiger partial charge in [0, 0.05) is 29.7 Å². The highest BCUT2D eigenvalue weighted by atomic mass is 19.1. The number of Topliss-reactive ketones (excluding diaryl/α,β-unsaturated/α-hetero) is 1. The Balaban J connectivity index is 1.80. The number of ether oxygens (including phenoxy) is 1. The van der Waals surface area contributed by atoms with Crippen molar-refractivity contribution in [2.24, 2.45) is 7.05 Å². The number of rotatable bonds is 4. The Bertz CT molecular complexity index is 912. The monoisotopic (exact) mass is 325 g/mol. The summed E-state index contributed by atoms with van der Waals surface area (Å²) in [4.78, 5) is 24.7. The van der Waals surface area contributed by atoms with Gasteiger partial charge in [-0.15, -0.1) is 0 Å². The van der Waals surface area contributed by atoms with Crippen molar-refractivity contribution >= 4 is 22.7 Å². The summed E-state index contributed by atoms with van der Waals surface area (Å²) in [6, 6.07) is 12.6. The number of esters is 1. The number of hydrogen-bond acceptors (Lipinski definition) is 3. The van der Waals surface area contributed by atoms with Gasteiger partial charge in [-0.05, 0) is 37.3 Å². The van der Waals surface area contributed by atoms with E-state index in [4.69, 9.17) is 4.74 Å². The Morgan fingerprint density at radius 3 is 2.46 bits per heavy atom. The van der Waals surface area contributed by atoms with Crippen LogP contribution >= 0.6 is 0 Å². The number of aryl methyl sites for hydroxylation is 1. The lowest BCUT2D eigenvalue weighted by Crippen LogP contribution is -2.24. The molecule has 0 saturated carbocycles. The minimum absolute atomic E-state index is 0.301. The van der Waals surface area contributed by atoms with Crippen LogP contribution in [0.3, 0.4) is 0 Å². The predicted molar refractivity (Wildman–Crippen MR) is 88.5 cm³/mol. The third kappa shape index (κ3) is 2.93. The van der Waals surface area contributed by atoms with Crippen molar-refractivity contribution in [2.45, 2.75) is 13.0 Å². The van der Waals surface area contributed by atoms with Gasteiger partial charge < -0.3 is 9.30 Å². The molecule has 4 nitrogen and oxygen atoms in total. The Kier molecular flexibility index (Phi) is 4.16. The predicted octanol–water partition coefficient (Wildman–Crippen LogP) is 3.75. The van der Waals surface area contributed by atoms with Crippen LogP contribution < -0.4 is 0 Å². The van der Waals surface area contributed by atoms with Gasteiger partial charge in [0.1, 0.15) is 5.82 Å². The van der Waals surface area contributed by atoms with E-state index in [1.165, 1.54) is 31.2 Å². The summed E-state index contributed by atoms with van der Waals surface area (Å²) in [7, 11) is 1.84. The van der Waals surface area contributed by atoms with Gasteiger partial charge in [0.05, 0.1) is 5.56 Å². The summed E-state index contributed by atoms with van der Waals surface area (Å²) in [6.45, 7) is 1.51. The first-order valence-electron chi connectivity index (χ1n) is 7.52. The quantitative estimate of drug-likeness (QED) is 0.542. The maximum Gasteiger partial charge on any atom is 0.341 e. The molecule has 0 aliphatic heterocycles. The molecule has 122 valence electrons. The van der Waals surface area contributed by atoms with Gasteiger partial charge >= 0.3 is 5.97 Å². The summed E-state index contributed by atoms with van der Waals surface area (Å²) in [6.07, 6.45) is 0.726. The van der Waals surface area contributed by atoms with E-state index in [9.17, 15) is 14.0 Å². The van der Waals surface area contributed by atoms with Gasteiger partial charge in [0.15, 0.2) is 6.10 Å². The van der Waals surface area contributed by atoms with Crippen molar-refractivity contribution < 1.29 is 18.7 Å². The number of ketones is 1. The molecule has 0 unspecified atom stereocenters. The number of carbonyl (C=O) groups is 2. The zero-order valence-corrected chi connectivity index (χ0v) is 13.3. The molecular formula is C19H16FNO3. The fraction of sp³-hybridized carbons (Fsp3) is 0.158. The van der Waals surface area contributed by atoms with Crippen molar-refractivity contribution in [1.82, 2.24) is 4.57 Å². The smallest absolute Gasteiger partial charge is 0.341 e. The number of halogens is 1. The Labute approximate surface area is 138 Å². The third-order valence-corrected chi connectivity index (χ3v) is 3.90. The van der Waals surface area contributed by atoms with Crippen LogP contribution in [-0.2, 0) is 11.8 Å². The molecule has 3 aromatic rings. The lowest BCUT2D eigenvalue weighted by molar-refractivity contribution is 0.0320. The second-order valence-electron chi connectivity index (χ2n) is 5.59. The van der Waals surface area contributed by atoms with Gasteiger partial charge in [0.25, 0.3) is 0 Å². The van der Waals surface area contributed by atoms with Gasteiger partial charge in [-0.3, -0.25) is 4.79 Å². The standard InChI is InChI=1S/C19H16FNO3/c1-12(18(22)13-7-9-14(20)10-8-13)24-19(23)16-11-21(2)17-6-4-3-5-15(16)17/h3-12H,1-2H3/t12-/m0/s1. The number of aromatic nitrogens is 1. The van der Waals surface area contributed by atoms with Crippen LogP contribution in [0.1, 0.15) is 27.6 Å². The molecule has 1 aromatic heterocycles. The first kappa shape index (κ1) is 15.9. The van der Waals surface area contributed by atoms with E-state index in [1.807, 2.05) is 35.9 Å². The molecule has 0 aliphatic rings. The summed E-state index contributed by atoms with van der Waals surface area (Å²) in [5, 5.41) is 0.770. The van der Waals surface area contributed by atoms with E-state index in [-0.39, 0.29) is 5.78 Å². The minimum atomic E-state index is -0.957. The van der Waals surface area contributed by atoms with E-state index in [2.05, 4.69) is 0 Å². The van der Waals surface area contributed by atoms with Crippen molar-refractivity contribution in [3.63, 3.8) is 0 Å². The molecule has 0 radical (unpaired) electrons. The number of nitrogens with zero attached hydrogens (tertiary/aromatic N) is 1. The van der Waals surface area contributed by atoms with Crippen LogP contribution in [0.2, 0.25) is 0 Å². The van der Waals surface area contributed by atoms with E-state index in [1.54, 1.807) is 6.20 Å². The molecule has 5 heteroatoms. The van der Waals surface area contributed by atoms with Crippen molar-refractivity contribution in [3.8, 4) is 0 Å². The molecule has 0 amide bonds. The molecule has 0 spiro atoms. The summed E-state index contributed by atoms with van der Waals surface area (Å²) in [5.41, 5.74) is 1.61. The van der Waals surface area contributed by atoms with Crippen LogP contribution in [0, 0.1) is 5.82 Å². The van der Waals surface area contributed by atoms with E-state index >= 15 is 0 Å². The van der Waals surface area contributed by atoms with Crippen LogP contribution in [0.5, 0.6) is 0 Å². The topological polar surface area (TPSA) is 48.3 Å². The van der Waals surface area contributed by atoms with Crippen LogP contribution in [0.4, 0.5) is 4.39 Å². The molecule has 0 bridgehead atoms. The zero-order chi connectivity index (χ0) is 17.3. The SMILES string of the molecule is C[C@H](OC(=O)c1cn(C)c2ccccc12)C(=O)c1ccc(F)cc1. The third-order valence-electron chi connectivity index (χ3n) is 3.90. The molecule has 0 N–H and O–H groups in total. The molecule has 24 heavy (non-hydrogen) atoms. The molecule has 3 rings (SSSR count). The number of carbonyl (C=O) groups excluding carboxylic acids is 2. The first-order valence-corrected chi connectivity index (χ1v) is 7.52. The number of hydrogen-bond donors (Lipinski definition) is 0. The second-order valence-corrected chi connectivity index (χ2v) is 5.59. The normalized spacial score (nSPS) is 12.1. The minimum Gasteiger partial charge on any atom is -0.451 e. The second kappa shape index (κ2) is 6.28. The lowest BCUT2D eigenvalue weighted by Gasteiger charge is -2.12. The highest BCUT2D eigenvalue weighted by Gasteiger charge is 2.22. The number of benzene rings is 2.